The summed E-state index contributed by atoms with van der Waals surface area (Å²) >= 11 is 0. The van der Waals surface area contributed by atoms with E-state index in [1.54, 1.807) is 6.26 Å². The molecule has 1 saturated heterocycles. The SMILES string of the molecule is CCOc1ccc(C(=O)N2CCN(Cc3ccco3)CC2)cc1. The molecule has 0 N–H and O–H groups in total. The Bertz CT molecular complexity index is 614. The van der Waals surface area contributed by atoms with Crippen LogP contribution in [-0.4, -0.2) is 48.5 Å². The van der Waals surface area contributed by atoms with Crippen molar-refractivity contribution in [2.45, 2.75) is 13.5 Å². The molecule has 0 atom stereocenters. The van der Waals surface area contributed by atoms with Crippen molar-refractivity contribution >= 4 is 5.91 Å². The van der Waals surface area contributed by atoms with E-state index in [1.807, 2.05) is 48.2 Å². The molecule has 2 heterocycles. The van der Waals surface area contributed by atoms with Gasteiger partial charge in [0.2, 0.25) is 0 Å². The molecular weight excluding hydrogens is 292 g/mol. The molecule has 1 amide bonds. The lowest BCUT2D eigenvalue weighted by Crippen LogP contribution is -2.48. The number of nitrogens with zero attached hydrogens (tertiary/aromatic N) is 2. The third-order valence-electron chi connectivity index (χ3n) is 4.03. The topological polar surface area (TPSA) is 45.9 Å². The average Bonchev–Trinajstić information content (AvgIpc) is 3.09. The van der Waals surface area contributed by atoms with Crippen LogP contribution in [0.15, 0.2) is 47.1 Å². The summed E-state index contributed by atoms with van der Waals surface area (Å²) in [6, 6.07) is 11.3. The maximum Gasteiger partial charge on any atom is 0.253 e. The maximum absolute atomic E-state index is 12.5. The molecule has 5 heteroatoms. The lowest BCUT2D eigenvalue weighted by molar-refractivity contribution is 0.0620. The monoisotopic (exact) mass is 314 g/mol. The smallest absolute Gasteiger partial charge is 0.253 e. The van der Waals surface area contributed by atoms with Gasteiger partial charge in [0.25, 0.3) is 5.91 Å². The van der Waals surface area contributed by atoms with E-state index in [-0.39, 0.29) is 5.91 Å². The number of hydrogen-bond acceptors (Lipinski definition) is 4. The van der Waals surface area contributed by atoms with Crippen LogP contribution in [0.1, 0.15) is 23.0 Å². The van der Waals surface area contributed by atoms with Crippen molar-refractivity contribution in [3.8, 4) is 5.75 Å². The fourth-order valence-electron chi connectivity index (χ4n) is 2.77. The molecule has 0 aliphatic carbocycles. The summed E-state index contributed by atoms with van der Waals surface area (Å²) < 4.78 is 10.8. The van der Waals surface area contributed by atoms with Crippen LogP contribution in [-0.2, 0) is 6.54 Å². The molecule has 1 aliphatic heterocycles. The molecule has 5 nitrogen and oxygen atoms in total. The Morgan fingerprint density at radius 2 is 1.87 bits per heavy atom. The van der Waals surface area contributed by atoms with Crippen LogP contribution in [0, 0.1) is 0 Å². The van der Waals surface area contributed by atoms with Crippen LogP contribution < -0.4 is 4.74 Å². The fraction of sp³-hybridized carbons (Fsp3) is 0.389. The second kappa shape index (κ2) is 7.33. The average molecular weight is 314 g/mol. The number of rotatable bonds is 5. The molecule has 0 unspecified atom stereocenters. The zero-order valence-electron chi connectivity index (χ0n) is 13.4. The third-order valence-corrected chi connectivity index (χ3v) is 4.03. The van der Waals surface area contributed by atoms with Gasteiger partial charge in [0.15, 0.2) is 0 Å². The molecule has 122 valence electrons. The van der Waals surface area contributed by atoms with Crippen LogP contribution in [0.3, 0.4) is 0 Å². The van der Waals surface area contributed by atoms with Crippen molar-refractivity contribution in [3.63, 3.8) is 0 Å². The Balaban J connectivity index is 1.53. The molecule has 1 aromatic carbocycles. The van der Waals surface area contributed by atoms with Crippen molar-refractivity contribution in [2.24, 2.45) is 0 Å². The number of furan rings is 1. The van der Waals surface area contributed by atoms with Gasteiger partial charge in [0.05, 0.1) is 19.4 Å². The summed E-state index contributed by atoms with van der Waals surface area (Å²) in [5.41, 5.74) is 0.716. The second-order valence-electron chi connectivity index (χ2n) is 5.61. The minimum atomic E-state index is 0.0886. The number of piperazine rings is 1. The number of benzene rings is 1. The Morgan fingerprint density at radius 3 is 2.48 bits per heavy atom. The van der Waals surface area contributed by atoms with Crippen molar-refractivity contribution in [3.05, 3.63) is 54.0 Å². The van der Waals surface area contributed by atoms with Gasteiger partial charge in [-0.25, -0.2) is 0 Å². The van der Waals surface area contributed by atoms with Gasteiger partial charge in [0, 0.05) is 31.7 Å². The molecule has 3 rings (SSSR count). The molecule has 1 aliphatic rings. The zero-order valence-corrected chi connectivity index (χ0v) is 13.4. The van der Waals surface area contributed by atoms with Crippen LogP contribution in [0.2, 0.25) is 0 Å². The highest BCUT2D eigenvalue weighted by molar-refractivity contribution is 5.94. The quantitative estimate of drug-likeness (QED) is 0.851. The first-order valence-electron chi connectivity index (χ1n) is 8.03. The summed E-state index contributed by atoms with van der Waals surface area (Å²) in [6.07, 6.45) is 1.70. The van der Waals surface area contributed by atoms with E-state index >= 15 is 0 Å². The summed E-state index contributed by atoms with van der Waals surface area (Å²) in [7, 11) is 0. The highest BCUT2D eigenvalue weighted by atomic mass is 16.5. The molecule has 2 aromatic rings. The van der Waals surface area contributed by atoms with Crippen LogP contribution in [0.25, 0.3) is 0 Å². The molecule has 0 bridgehead atoms. The summed E-state index contributed by atoms with van der Waals surface area (Å²) in [4.78, 5) is 16.8. The molecule has 23 heavy (non-hydrogen) atoms. The van der Waals surface area contributed by atoms with Crippen LogP contribution in [0.5, 0.6) is 5.75 Å². The van der Waals surface area contributed by atoms with Gasteiger partial charge in [-0.15, -0.1) is 0 Å². The number of carbonyl (C=O) groups is 1. The predicted molar refractivity (Wildman–Crippen MR) is 87.5 cm³/mol. The Kier molecular flexibility index (Phi) is 4.98. The predicted octanol–water partition coefficient (Wildman–Crippen LogP) is 2.64. The van der Waals surface area contributed by atoms with Crippen molar-refractivity contribution < 1.29 is 13.9 Å². The van der Waals surface area contributed by atoms with Gasteiger partial charge >= 0.3 is 0 Å². The van der Waals surface area contributed by atoms with Crippen molar-refractivity contribution in [2.75, 3.05) is 32.8 Å². The lowest BCUT2D eigenvalue weighted by atomic mass is 10.1. The van der Waals surface area contributed by atoms with E-state index in [0.29, 0.717) is 12.2 Å². The minimum absolute atomic E-state index is 0.0886. The zero-order chi connectivity index (χ0) is 16.1. The second-order valence-corrected chi connectivity index (χ2v) is 5.61. The van der Waals surface area contributed by atoms with Crippen LogP contribution in [0.4, 0.5) is 0 Å². The standard InChI is InChI=1S/C18H22N2O3/c1-2-22-16-7-5-15(6-8-16)18(21)20-11-9-19(10-12-20)14-17-4-3-13-23-17/h3-8,13H,2,9-12,14H2,1H3. The molecule has 1 fully saturated rings. The van der Waals surface area contributed by atoms with Crippen LogP contribution >= 0.6 is 0 Å². The van der Waals surface area contributed by atoms with E-state index in [0.717, 1.165) is 44.2 Å². The van der Waals surface area contributed by atoms with E-state index in [4.69, 9.17) is 9.15 Å². The molecule has 0 radical (unpaired) electrons. The van der Waals surface area contributed by atoms with Gasteiger partial charge in [-0.1, -0.05) is 0 Å². The summed E-state index contributed by atoms with van der Waals surface area (Å²) in [5.74, 6) is 1.86. The number of hydrogen-bond donors (Lipinski definition) is 0. The first-order chi connectivity index (χ1) is 11.3. The lowest BCUT2D eigenvalue weighted by Gasteiger charge is -2.34. The molecule has 1 aromatic heterocycles. The number of carbonyl (C=O) groups excluding carboxylic acids is 1. The summed E-state index contributed by atoms with van der Waals surface area (Å²) in [6.45, 7) is 6.59. The Morgan fingerprint density at radius 1 is 1.13 bits per heavy atom. The van der Waals surface area contributed by atoms with Crippen molar-refractivity contribution in [1.29, 1.82) is 0 Å². The van der Waals surface area contributed by atoms with E-state index in [9.17, 15) is 4.79 Å². The number of ether oxygens (including phenoxy) is 1. The van der Waals surface area contributed by atoms with E-state index < -0.39 is 0 Å². The van der Waals surface area contributed by atoms with Gasteiger partial charge in [-0.2, -0.15) is 0 Å². The highest BCUT2D eigenvalue weighted by Gasteiger charge is 2.22. The van der Waals surface area contributed by atoms with Gasteiger partial charge < -0.3 is 14.1 Å². The Hall–Kier alpha value is -2.27. The highest BCUT2D eigenvalue weighted by Crippen LogP contribution is 2.15. The van der Waals surface area contributed by atoms with E-state index in [1.165, 1.54) is 0 Å². The molecular formula is C18H22N2O3. The normalized spacial score (nSPS) is 15.6. The van der Waals surface area contributed by atoms with Gasteiger partial charge in [-0.05, 0) is 43.3 Å². The Labute approximate surface area is 136 Å². The molecule has 0 saturated carbocycles. The number of amides is 1. The molecule has 0 spiro atoms. The van der Waals surface area contributed by atoms with Gasteiger partial charge in [-0.3, -0.25) is 9.69 Å². The largest absolute Gasteiger partial charge is 0.494 e. The first kappa shape index (κ1) is 15.6. The van der Waals surface area contributed by atoms with Gasteiger partial charge in [0.1, 0.15) is 11.5 Å². The first-order valence-corrected chi connectivity index (χ1v) is 8.03. The third kappa shape index (κ3) is 3.93. The minimum Gasteiger partial charge on any atom is -0.494 e. The maximum atomic E-state index is 12.5. The fourth-order valence-corrected chi connectivity index (χ4v) is 2.77. The summed E-state index contributed by atoms with van der Waals surface area (Å²) in [5, 5.41) is 0. The van der Waals surface area contributed by atoms with E-state index in [2.05, 4.69) is 4.90 Å². The van der Waals surface area contributed by atoms with Crippen molar-refractivity contribution in [1.82, 2.24) is 9.80 Å².